The minimum Gasteiger partial charge on any atom is -0.476 e. The van der Waals surface area contributed by atoms with Crippen molar-refractivity contribution >= 4 is 11.9 Å². The lowest BCUT2D eigenvalue weighted by atomic mass is 10.1. The van der Waals surface area contributed by atoms with Crippen LogP contribution < -0.4 is 4.74 Å². The smallest absolute Gasteiger partial charge is 0.350 e. The average molecular weight is 432 g/mol. The van der Waals surface area contributed by atoms with E-state index in [-0.39, 0.29) is 12.5 Å². The van der Waals surface area contributed by atoms with E-state index in [9.17, 15) is 9.59 Å². The quantitative estimate of drug-likeness (QED) is 0.518. The fraction of sp³-hybridized carbons (Fsp3) is 0.500. The molecular formula is C24H33NO6. The molecule has 1 aromatic carbocycles. The van der Waals surface area contributed by atoms with Gasteiger partial charge in [0, 0.05) is 6.54 Å². The van der Waals surface area contributed by atoms with Crippen molar-refractivity contribution < 1.29 is 28.2 Å². The molecule has 7 nitrogen and oxygen atoms in total. The molecule has 170 valence electrons. The molecule has 1 aromatic heterocycles. The zero-order valence-electron chi connectivity index (χ0n) is 19.3. The third kappa shape index (κ3) is 8.45. The Morgan fingerprint density at radius 3 is 2.23 bits per heavy atom. The molecule has 0 saturated carbocycles. The summed E-state index contributed by atoms with van der Waals surface area (Å²) >= 11 is 0. The molecule has 0 spiro atoms. The molecule has 0 aliphatic heterocycles. The van der Waals surface area contributed by atoms with Gasteiger partial charge in [-0.15, -0.1) is 0 Å². The highest BCUT2D eigenvalue weighted by molar-refractivity contribution is 5.79. The number of furan rings is 1. The highest BCUT2D eigenvalue weighted by atomic mass is 16.6. The van der Waals surface area contributed by atoms with Crippen molar-refractivity contribution in [2.24, 2.45) is 0 Å². The summed E-state index contributed by atoms with van der Waals surface area (Å²) in [5.41, 5.74) is -0.722. The first-order chi connectivity index (χ1) is 14.5. The van der Waals surface area contributed by atoms with Crippen LogP contribution in [-0.4, -0.2) is 41.2 Å². The third-order valence-corrected chi connectivity index (χ3v) is 4.21. The molecule has 2 rings (SSSR count). The molecule has 0 amide bonds. The van der Waals surface area contributed by atoms with Crippen molar-refractivity contribution in [2.75, 3.05) is 13.2 Å². The first-order valence-electron chi connectivity index (χ1n) is 10.4. The summed E-state index contributed by atoms with van der Waals surface area (Å²) in [7, 11) is 0. The van der Waals surface area contributed by atoms with Crippen LogP contribution in [0.2, 0.25) is 0 Å². The largest absolute Gasteiger partial charge is 0.476 e. The van der Waals surface area contributed by atoms with Crippen molar-refractivity contribution in [1.29, 1.82) is 0 Å². The number of hydrogen-bond acceptors (Lipinski definition) is 7. The lowest BCUT2D eigenvalue weighted by Crippen LogP contribution is -2.43. The van der Waals surface area contributed by atoms with E-state index in [2.05, 4.69) is 0 Å². The predicted molar refractivity (Wildman–Crippen MR) is 116 cm³/mol. The van der Waals surface area contributed by atoms with Crippen molar-refractivity contribution in [3.05, 3.63) is 54.0 Å². The van der Waals surface area contributed by atoms with Gasteiger partial charge in [-0.25, -0.2) is 4.79 Å². The third-order valence-electron chi connectivity index (χ3n) is 4.21. The summed E-state index contributed by atoms with van der Waals surface area (Å²) in [6.07, 6.45) is 1.61. The predicted octanol–water partition coefficient (Wildman–Crippen LogP) is 4.34. The fourth-order valence-corrected chi connectivity index (χ4v) is 2.84. The van der Waals surface area contributed by atoms with Crippen LogP contribution >= 0.6 is 0 Å². The molecule has 0 unspecified atom stereocenters. The average Bonchev–Trinajstić information content (AvgIpc) is 3.15. The number of benzene rings is 1. The van der Waals surface area contributed by atoms with Crippen molar-refractivity contribution in [1.82, 2.24) is 4.90 Å². The summed E-state index contributed by atoms with van der Waals surface area (Å²) in [5.74, 6) is 0.613. The first kappa shape index (κ1) is 24.5. The second-order valence-electron chi connectivity index (χ2n) is 8.79. The van der Waals surface area contributed by atoms with Gasteiger partial charge >= 0.3 is 11.9 Å². The van der Waals surface area contributed by atoms with Gasteiger partial charge in [0.2, 0.25) is 0 Å². The van der Waals surface area contributed by atoms with Crippen LogP contribution in [0.4, 0.5) is 0 Å². The summed E-state index contributed by atoms with van der Waals surface area (Å²) in [6.45, 7) is 12.1. The Hall–Kier alpha value is -2.80. The number of nitrogens with zero attached hydrogens (tertiary/aromatic N) is 1. The number of rotatable bonds is 10. The fourth-order valence-electron chi connectivity index (χ4n) is 2.84. The Bertz CT molecular complexity index is 834. The number of ether oxygens (including phenoxy) is 3. The Kier molecular flexibility index (Phi) is 8.28. The molecule has 0 saturated heterocycles. The Morgan fingerprint density at radius 2 is 1.68 bits per heavy atom. The van der Waals surface area contributed by atoms with Gasteiger partial charge in [0.05, 0.1) is 26.0 Å². The van der Waals surface area contributed by atoms with Crippen molar-refractivity contribution in [2.45, 2.75) is 65.8 Å². The number of carbonyl (C=O) groups excluding carboxylic acids is 2. The van der Waals surface area contributed by atoms with Gasteiger partial charge in [0.15, 0.2) is 5.60 Å². The zero-order valence-corrected chi connectivity index (χ0v) is 19.3. The molecule has 0 N–H and O–H groups in total. The molecule has 2 aromatic rings. The minimum absolute atomic E-state index is 0.151. The van der Waals surface area contributed by atoms with Crippen LogP contribution in [0.5, 0.6) is 5.75 Å². The Morgan fingerprint density at radius 1 is 1.00 bits per heavy atom. The van der Waals surface area contributed by atoms with E-state index in [1.54, 1.807) is 39.2 Å². The lowest BCUT2D eigenvalue weighted by molar-refractivity contribution is -0.170. The highest BCUT2D eigenvalue weighted by Gasteiger charge is 2.34. The maximum absolute atomic E-state index is 12.4. The monoisotopic (exact) mass is 431 g/mol. The van der Waals surface area contributed by atoms with Gasteiger partial charge in [-0.1, -0.05) is 12.1 Å². The van der Waals surface area contributed by atoms with E-state index in [1.165, 1.54) is 0 Å². The molecular weight excluding hydrogens is 398 g/mol. The van der Waals surface area contributed by atoms with E-state index in [1.807, 2.05) is 49.9 Å². The van der Waals surface area contributed by atoms with Gasteiger partial charge in [-0.05, 0) is 71.4 Å². The Labute approximate surface area is 184 Å². The van der Waals surface area contributed by atoms with Gasteiger partial charge in [0.25, 0.3) is 0 Å². The van der Waals surface area contributed by atoms with E-state index in [0.717, 1.165) is 11.3 Å². The van der Waals surface area contributed by atoms with Gasteiger partial charge in [-0.2, -0.15) is 0 Å². The van der Waals surface area contributed by atoms with Crippen molar-refractivity contribution in [3.8, 4) is 5.75 Å². The molecule has 0 radical (unpaired) electrons. The topological polar surface area (TPSA) is 78.2 Å². The number of hydrogen-bond donors (Lipinski definition) is 0. The van der Waals surface area contributed by atoms with E-state index < -0.39 is 17.2 Å². The molecule has 0 fully saturated rings. The molecule has 0 bridgehead atoms. The SMILES string of the molecule is CCOC(=O)CN(Cc1ccc(OC(C)(C)C(=O)OC(C)(C)C)cc1)Cc1ccco1. The van der Waals surface area contributed by atoms with Crippen LogP contribution in [0.25, 0.3) is 0 Å². The molecule has 0 aliphatic rings. The van der Waals surface area contributed by atoms with E-state index in [4.69, 9.17) is 18.6 Å². The van der Waals surface area contributed by atoms with Crippen molar-refractivity contribution in [3.63, 3.8) is 0 Å². The maximum Gasteiger partial charge on any atom is 0.350 e. The molecule has 0 atom stereocenters. The van der Waals surface area contributed by atoms with Gasteiger partial charge < -0.3 is 18.6 Å². The Balaban J connectivity index is 2.04. The van der Waals surface area contributed by atoms with Gasteiger partial charge in [0.1, 0.15) is 17.1 Å². The maximum atomic E-state index is 12.4. The lowest BCUT2D eigenvalue weighted by Gasteiger charge is -2.29. The zero-order chi connectivity index (χ0) is 23.1. The number of esters is 2. The van der Waals surface area contributed by atoms with Gasteiger partial charge in [-0.3, -0.25) is 9.69 Å². The second-order valence-corrected chi connectivity index (χ2v) is 8.79. The molecule has 7 heteroatoms. The molecule has 0 aliphatic carbocycles. The summed E-state index contributed by atoms with van der Waals surface area (Å²) in [4.78, 5) is 26.3. The van der Waals surface area contributed by atoms with E-state index >= 15 is 0 Å². The molecule has 31 heavy (non-hydrogen) atoms. The highest BCUT2D eigenvalue weighted by Crippen LogP contribution is 2.23. The second kappa shape index (κ2) is 10.5. The van der Waals surface area contributed by atoms with E-state index in [0.29, 0.717) is 25.4 Å². The normalized spacial score (nSPS) is 12.0. The summed E-state index contributed by atoms with van der Waals surface area (Å²) in [6, 6.07) is 11.1. The first-order valence-corrected chi connectivity index (χ1v) is 10.4. The summed E-state index contributed by atoms with van der Waals surface area (Å²) < 4.78 is 21.8. The van der Waals surface area contributed by atoms with Crippen LogP contribution in [0, 0.1) is 0 Å². The molecule has 1 heterocycles. The van der Waals surface area contributed by atoms with Crippen LogP contribution in [0.3, 0.4) is 0 Å². The summed E-state index contributed by atoms with van der Waals surface area (Å²) in [5, 5.41) is 0. The van der Waals surface area contributed by atoms with Crippen LogP contribution in [0.1, 0.15) is 52.9 Å². The minimum atomic E-state index is -1.12. The van der Waals surface area contributed by atoms with Crippen LogP contribution in [-0.2, 0) is 32.2 Å². The van der Waals surface area contributed by atoms with Crippen LogP contribution in [0.15, 0.2) is 47.1 Å². The number of carbonyl (C=O) groups is 2. The standard InChI is InChI=1S/C24H33NO6/c1-7-28-21(26)17-25(16-20-9-8-14-29-20)15-18-10-12-19(13-11-18)30-24(5,6)22(27)31-23(2,3)4/h8-14H,7,15-17H2,1-6H3.